The minimum absolute atomic E-state index is 0.111. The van der Waals surface area contributed by atoms with E-state index in [1.807, 2.05) is 6.58 Å². The molecule has 20 heteroatoms. The van der Waals surface area contributed by atoms with Crippen LogP contribution in [0.2, 0.25) is 0 Å². The van der Waals surface area contributed by atoms with E-state index in [-0.39, 0.29) is 6.42 Å². The number of carbonyl (C=O) groups excluding carboxylic acids is 1. The van der Waals surface area contributed by atoms with Crippen LogP contribution >= 0.6 is 0 Å². The van der Waals surface area contributed by atoms with Crippen molar-refractivity contribution in [2.24, 2.45) is 5.92 Å². The minimum Gasteiger partial charge on any atom is -0.414 e. The van der Waals surface area contributed by atoms with Gasteiger partial charge in [-0.2, -0.15) is 70.2 Å². The molecule has 1 N–H and O–H groups in total. The first kappa shape index (κ1) is 32.2. The molecule has 4 nitrogen and oxygen atoms in total. The topological polar surface area (TPSA) is 55.8 Å². The third-order valence-electron chi connectivity index (χ3n) is 6.30. The Balaban J connectivity index is 3.13. The molecule has 3 unspecified atom stereocenters. The number of halogens is 16. The van der Waals surface area contributed by atoms with Crippen LogP contribution in [0.4, 0.5) is 70.2 Å². The molecule has 2 rings (SSSR count). The zero-order valence-electron chi connectivity index (χ0n) is 18.0. The second-order valence-electron chi connectivity index (χ2n) is 8.51. The Labute approximate surface area is 200 Å². The smallest absolute Gasteiger partial charge is 0.414 e. The van der Waals surface area contributed by atoms with E-state index >= 15 is 17.6 Å². The lowest BCUT2D eigenvalue weighted by Gasteiger charge is -2.61. The lowest BCUT2D eigenvalue weighted by molar-refractivity contribution is -0.584. The van der Waals surface area contributed by atoms with Crippen molar-refractivity contribution in [1.82, 2.24) is 0 Å². The molecular formula is C18H14F16O4. The summed E-state index contributed by atoms with van der Waals surface area (Å²) in [7, 11) is 0. The maximum absolute atomic E-state index is 15.3. The first-order valence-corrected chi connectivity index (χ1v) is 9.98. The molecule has 1 aliphatic carbocycles. The fraction of sp³-hybridized carbons (Fsp3) is 0.833. The summed E-state index contributed by atoms with van der Waals surface area (Å²) in [5, 5.41) is 9.66. The van der Waals surface area contributed by atoms with Gasteiger partial charge in [-0.05, 0) is 12.8 Å². The van der Waals surface area contributed by atoms with Gasteiger partial charge in [0.25, 0.3) is 5.60 Å². The number of alkyl halides is 16. The summed E-state index contributed by atoms with van der Waals surface area (Å²) >= 11 is 0. The monoisotopic (exact) mass is 598 g/mol. The quantitative estimate of drug-likeness (QED) is 0.233. The summed E-state index contributed by atoms with van der Waals surface area (Å²) in [6, 6.07) is 0. The molecule has 0 aromatic heterocycles. The number of hydrogen-bond acceptors (Lipinski definition) is 4. The Bertz CT molecular complexity index is 942. The summed E-state index contributed by atoms with van der Waals surface area (Å²) in [5.41, 5.74) is -17.2. The van der Waals surface area contributed by atoms with Crippen LogP contribution in [0, 0.1) is 5.92 Å². The Morgan fingerprint density at radius 2 is 1.21 bits per heavy atom. The van der Waals surface area contributed by atoms with E-state index in [0.717, 1.165) is 0 Å². The lowest BCUT2D eigenvalue weighted by Crippen LogP contribution is -2.91. The van der Waals surface area contributed by atoms with Gasteiger partial charge in [-0.15, -0.1) is 0 Å². The third-order valence-corrected chi connectivity index (χ3v) is 6.30. The fourth-order valence-electron chi connectivity index (χ4n) is 4.42. The predicted octanol–water partition coefficient (Wildman–Crippen LogP) is 6.38. The van der Waals surface area contributed by atoms with Crippen molar-refractivity contribution in [2.45, 2.75) is 85.6 Å². The van der Waals surface area contributed by atoms with Crippen LogP contribution in [-0.2, 0) is 14.3 Å². The van der Waals surface area contributed by atoms with Crippen molar-refractivity contribution in [3.05, 3.63) is 12.2 Å². The van der Waals surface area contributed by atoms with Crippen LogP contribution in [0.15, 0.2) is 12.2 Å². The number of hydrogen-bond donors (Lipinski definition) is 1. The first-order chi connectivity index (χ1) is 16.6. The maximum Gasteiger partial charge on any atom is 0.462 e. The van der Waals surface area contributed by atoms with Crippen LogP contribution in [-0.4, -0.2) is 64.6 Å². The molecule has 222 valence electrons. The van der Waals surface area contributed by atoms with E-state index in [1.165, 1.54) is 0 Å². The average molecular weight is 598 g/mol. The van der Waals surface area contributed by atoms with Crippen LogP contribution in [0.3, 0.4) is 0 Å². The second kappa shape index (κ2) is 8.76. The number of ether oxygens (including phenoxy) is 2. The van der Waals surface area contributed by atoms with E-state index in [9.17, 15) is 62.6 Å². The highest BCUT2D eigenvalue weighted by atomic mass is 19.4. The first-order valence-electron chi connectivity index (χ1n) is 9.98. The van der Waals surface area contributed by atoms with Gasteiger partial charge in [0, 0.05) is 5.92 Å². The maximum atomic E-state index is 15.3. The van der Waals surface area contributed by atoms with E-state index in [1.54, 1.807) is 0 Å². The van der Waals surface area contributed by atoms with Crippen LogP contribution < -0.4 is 0 Å². The van der Waals surface area contributed by atoms with Gasteiger partial charge in [-0.1, -0.05) is 25.8 Å². The molecule has 38 heavy (non-hydrogen) atoms. The lowest BCUT2D eigenvalue weighted by atomic mass is 9.63. The van der Waals surface area contributed by atoms with Crippen molar-refractivity contribution in [2.75, 3.05) is 0 Å². The summed E-state index contributed by atoms with van der Waals surface area (Å²) < 4.78 is 231. The zero-order valence-corrected chi connectivity index (χ0v) is 18.0. The van der Waals surface area contributed by atoms with Gasteiger partial charge >= 0.3 is 48.3 Å². The van der Waals surface area contributed by atoms with Gasteiger partial charge in [0.05, 0.1) is 0 Å². The van der Waals surface area contributed by atoms with Gasteiger partial charge in [0.1, 0.15) is 5.57 Å². The Kier molecular flexibility index (Phi) is 7.42. The molecule has 1 saturated carbocycles. The standard InChI is InChI=1S/C18H14F16O4/c1-7(11(19,20)21)9(35)37-15(18(32,33)34)14(24,25)12(36,17(29,30)31)13(22,23)10(38-15,16(26,27)28)8-5-3-2-4-6-8/h8,36H,1-6H2. The Morgan fingerprint density at radius 1 is 0.763 bits per heavy atom. The summed E-state index contributed by atoms with van der Waals surface area (Å²) in [4.78, 5) is 11.7. The molecule has 1 heterocycles. The minimum atomic E-state index is -7.86. The van der Waals surface area contributed by atoms with Gasteiger partial charge in [-0.3, -0.25) is 0 Å². The van der Waals surface area contributed by atoms with Crippen LogP contribution in [0.25, 0.3) is 0 Å². The summed E-state index contributed by atoms with van der Waals surface area (Å²) in [6.07, 6.45) is -32.7. The second-order valence-corrected chi connectivity index (χ2v) is 8.51. The Hall–Kier alpha value is -1.99. The molecule has 1 aliphatic heterocycles. The zero-order chi connectivity index (χ0) is 30.2. The highest BCUT2D eigenvalue weighted by Gasteiger charge is 3.02. The highest BCUT2D eigenvalue weighted by Crippen LogP contribution is 2.71. The third kappa shape index (κ3) is 4.02. The van der Waals surface area contributed by atoms with Gasteiger partial charge in [-0.25, -0.2) is 4.79 Å². The molecule has 0 radical (unpaired) electrons. The van der Waals surface area contributed by atoms with Gasteiger partial charge in [0.15, 0.2) is 0 Å². The molecule has 2 aliphatic rings. The fourth-order valence-corrected chi connectivity index (χ4v) is 4.42. The molecule has 0 aromatic carbocycles. The number of rotatable bonds is 3. The molecule has 0 bridgehead atoms. The normalized spacial score (nSPS) is 33.1. The summed E-state index contributed by atoms with van der Waals surface area (Å²) in [5.74, 6) is -29.4. The molecule has 0 amide bonds. The van der Waals surface area contributed by atoms with E-state index in [2.05, 4.69) is 9.47 Å². The van der Waals surface area contributed by atoms with Crippen LogP contribution in [0.5, 0.6) is 0 Å². The summed E-state index contributed by atoms with van der Waals surface area (Å²) in [6.45, 7) is 1.82. The molecule has 1 saturated heterocycles. The van der Waals surface area contributed by atoms with Crippen molar-refractivity contribution in [1.29, 1.82) is 0 Å². The molecule has 0 aromatic rings. The van der Waals surface area contributed by atoms with Crippen molar-refractivity contribution < 1.29 is 89.6 Å². The van der Waals surface area contributed by atoms with E-state index in [0.29, 0.717) is 0 Å². The SMILES string of the molecule is C=C(C(=O)OC1(C(F)(F)F)OC(C2CCCCC2)(C(F)(F)F)C(F)(F)C(O)(C(F)(F)F)C1(F)F)C(F)(F)F. The van der Waals surface area contributed by atoms with E-state index < -0.39 is 96.7 Å². The number of carbonyl (C=O) groups is 1. The molecule has 3 atom stereocenters. The van der Waals surface area contributed by atoms with Crippen molar-refractivity contribution in [3.8, 4) is 0 Å². The largest absolute Gasteiger partial charge is 0.462 e. The van der Waals surface area contributed by atoms with Crippen LogP contribution in [0.1, 0.15) is 32.1 Å². The van der Waals surface area contributed by atoms with Gasteiger partial charge in [0.2, 0.25) is 5.60 Å². The van der Waals surface area contributed by atoms with E-state index in [4.69, 9.17) is 0 Å². The number of esters is 1. The molecule has 2 fully saturated rings. The molecule has 0 spiro atoms. The van der Waals surface area contributed by atoms with Gasteiger partial charge < -0.3 is 14.6 Å². The van der Waals surface area contributed by atoms with Crippen molar-refractivity contribution >= 4 is 5.97 Å². The highest BCUT2D eigenvalue weighted by molar-refractivity contribution is 5.89. The van der Waals surface area contributed by atoms with Crippen molar-refractivity contribution in [3.63, 3.8) is 0 Å². The molecular weight excluding hydrogens is 584 g/mol. The Morgan fingerprint density at radius 3 is 1.55 bits per heavy atom. The number of aliphatic hydroxyl groups is 1. The predicted molar refractivity (Wildman–Crippen MR) is 87.4 cm³/mol. The average Bonchev–Trinajstić information content (AvgIpc) is 2.71.